The highest BCUT2D eigenvalue weighted by Crippen LogP contribution is 2.26. The molecule has 2 fully saturated rings. The fraction of sp³-hybridized carbons (Fsp3) is 0.909. The minimum absolute atomic E-state index is 0.0221. The van der Waals surface area contributed by atoms with Gasteiger partial charge in [0.1, 0.15) is 0 Å². The summed E-state index contributed by atoms with van der Waals surface area (Å²) in [5.74, 6) is 0.361. The Morgan fingerprint density at radius 2 is 2.00 bits per heavy atom. The first-order valence-corrected chi connectivity index (χ1v) is 8.11. The third-order valence-electron chi connectivity index (χ3n) is 3.90. The zero-order valence-corrected chi connectivity index (χ0v) is 12.0. The van der Waals surface area contributed by atoms with Gasteiger partial charge in [-0.05, 0) is 31.6 Å². The molecule has 0 spiro atoms. The predicted octanol–water partition coefficient (Wildman–Crippen LogP) is 0.174. The largest absolute Gasteiger partial charge is 0.409 e. The summed E-state index contributed by atoms with van der Waals surface area (Å²) < 4.78 is 28.2. The first kappa shape index (κ1) is 14.5. The molecule has 2 atom stereocenters. The van der Waals surface area contributed by atoms with Crippen molar-refractivity contribution in [2.45, 2.75) is 38.6 Å². The summed E-state index contributed by atoms with van der Waals surface area (Å²) in [5.41, 5.74) is 5.60. The summed E-state index contributed by atoms with van der Waals surface area (Å²) in [7, 11) is -3.50. The summed E-state index contributed by atoms with van der Waals surface area (Å²) in [4.78, 5) is 0. The van der Waals surface area contributed by atoms with E-state index in [0.717, 1.165) is 19.3 Å². The molecule has 8 heteroatoms. The number of nitrogens with two attached hydrogens (primary N) is 1. The van der Waals surface area contributed by atoms with E-state index in [4.69, 9.17) is 10.9 Å². The Morgan fingerprint density at radius 3 is 2.63 bits per heavy atom. The summed E-state index contributed by atoms with van der Waals surface area (Å²) in [6, 6.07) is -0.507. The van der Waals surface area contributed by atoms with Crippen molar-refractivity contribution in [1.82, 2.24) is 8.61 Å². The number of oxime groups is 1. The molecule has 0 radical (unpaired) electrons. The van der Waals surface area contributed by atoms with Crippen molar-refractivity contribution in [3.8, 4) is 0 Å². The second-order valence-corrected chi connectivity index (χ2v) is 7.29. The van der Waals surface area contributed by atoms with Gasteiger partial charge in [-0.3, -0.25) is 0 Å². The van der Waals surface area contributed by atoms with Crippen LogP contribution in [0.1, 0.15) is 32.6 Å². The predicted molar refractivity (Wildman–Crippen MR) is 72.0 cm³/mol. The topological polar surface area (TPSA) is 99.2 Å². The summed E-state index contributed by atoms with van der Waals surface area (Å²) >= 11 is 0. The molecule has 0 saturated carbocycles. The van der Waals surface area contributed by atoms with Crippen LogP contribution in [0.2, 0.25) is 0 Å². The van der Waals surface area contributed by atoms with Crippen molar-refractivity contribution in [3.05, 3.63) is 0 Å². The molecular formula is C11H22N4O3S. The van der Waals surface area contributed by atoms with Gasteiger partial charge >= 0.3 is 0 Å². The van der Waals surface area contributed by atoms with E-state index in [9.17, 15) is 8.42 Å². The van der Waals surface area contributed by atoms with Crippen molar-refractivity contribution in [2.75, 3.05) is 19.6 Å². The highest BCUT2D eigenvalue weighted by Gasteiger charge is 2.41. The lowest BCUT2D eigenvalue weighted by Gasteiger charge is -2.34. The van der Waals surface area contributed by atoms with Gasteiger partial charge in [0.2, 0.25) is 0 Å². The number of nitrogens with zero attached hydrogens (tertiary/aromatic N) is 3. The van der Waals surface area contributed by atoms with Crippen LogP contribution < -0.4 is 5.73 Å². The molecule has 0 bridgehead atoms. The monoisotopic (exact) mass is 290 g/mol. The maximum Gasteiger partial charge on any atom is 0.282 e. The molecule has 0 aliphatic carbocycles. The van der Waals surface area contributed by atoms with Crippen LogP contribution in [-0.4, -0.2) is 53.7 Å². The number of hydrogen-bond donors (Lipinski definition) is 2. The second-order valence-electron chi connectivity index (χ2n) is 5.41. The van der Waals surface area contributed by atoms with E-state index in [1.54, 1.807) is 0 Å². The fourth-order valence-electron chi connectivity index (χ4n) is 2.88. The van der Waals surface area contributed by atoms with E-state index in [2.05, 4.69) is 12.1 Å². The van der Waals surface area contributed by atoms with Gasteiger partial charge in [0.05, 0.1) is 6.04 Å². The van der Waals surface area contributed by atoms with Crippen LogP contribution in [0, 0.1) is 5.92 Å². The van der Waals surface area contributed by atoms with Crippen LogP contribution in [0.15, 0.2) is 5.16 Å². The molecule has 0 aromatic rings. The van der Waals surface area contributed by atoms with Gasteiger partial charge < -0.3 is 10.9 Å². The molecule has 7 nitrogen and oxygen atoms in total. The van der Waals surface area contributed by atoms with Crippen LogP contribution in [0.25, 0.3) is 0 Å². The lowest BCUT2D eigenvalue weighted by Crippen LogP contribution is -2.52. The van der Waals surface area contributed by atoms with Gasteiger partial charge in [0.15, 0.2) is 5.84 Å². The molecule has 110 valence electrons. The average molecular weight is 290 g/mol. The highest BCUT2D eigenvalue weighted by atomic mass is 32.2. The average Bonchev–Trinajstić information content (AvgIpc) is 2.87. The number of piperidine rings is 1. The Morgan fingerprint density at radius 1 is 1.32 bits per heavy atom. The number of amidine groups is 1. The van der Waals surface area contributed by atoms with Gasteiger partial charge in [-0.15, -0.1) is 0 Å². The molecule has 2 rings (SSSR count). The molecule has 2 heterocycles. The molecule has 2 saturated heterocycles. The Labute approximate surface area is 114 Å². The molecule has 3 N–H and O–H groups in total. The van der Waals surface area contributed by atoms with E-state index in [-0.39, 0.29) is 5.84 Å². The zero-order valence-electron chi connectivity index (χ0n) is 11.2. The quantitative estimate of drug-likeness (QED) is 0.335. The van der Waals surface area contributed by atoms with E-state index in [1.165, 1.54) is 8.61 Å². The van der Waals surface area contributed by atoms with Crippen LogP contribution in [0.5, 0.6) is 0 Å². The van der Waals surface area contributed by atoms with Gasteiger partial charge in [0, 0.05) is 19.6 Å². The zero-order chi connectivity index (χ0) is 14.0. The van der Waals surface area contributed by atoms with Crippen LogP contribution in [-0.2, 0) is 10.2 Å². The number of hydrogen-bond acceptors (Lipinski definition) is 4. The van der Waals surface area contributed by atoms with Crippen molar-refractivity contribution in [1.29, 1.82) is 0 Å². The number of rotatable bonds is 3. The van der Waals surface area contributed by atoms with E-state index in [1.807, 2.05) is 0 Å². The van der Waals surface area contributed by atoms with Crippen LogP contribution in [0.3, 0.4) is 0 Å². The maximum absolute atomic E-state index is 12.6. The van der Waals surface area contributed by atoms with Crippen LogP contribution in [0.4, 0.5) is 0 Å². The Kier molecular flexibility index (Phi) is 4.32. The SMILES string of the molecule is CC1CCCN(S(=O)(=O)N2CCCC2C(N)=NO)C1. The summed E-state index contributed by atoms with van der Waals surface area (Å²) in [6.45, 7) is 3.62. The first-order chi connectivity index (χ1) is 8.96. The van der Waals surface area contributed by atoms with E-state index < -0.39 is 16.3 Å². The van der Waals surface area contributed by atoms with Crippen molar-refractivity contribution in [3.63, 3.8) is 0 Å². The first-order valence-electron chi connectivity index (χ1n) is 6.71. The van der Waals surface area contributed by atoms with Crippen LogP contribution >= 0.6 is 0 Å². The molecule has 0 aromatic carbocycles. The minimum atomic E-state index is -3.50. The molecule has 2 aliphatic heterocycles. The molecule has 2 unspecified atom stereocenters. The summed E-state index contributed by atoms with van der Waals surface area (Å²) in [6.07, 6.45) is 3.31. The van der Waals surface area contributed by atoms with E-state index >= 15 is 0 Å². The summed E-state index contributed by atoms with van der Waals surface area (Å²) in [5, 5.41) is 11.7. The molecule has 2 aliphatic rings. The molecule has 0 amide bonds. The maximum atomic E-state index is 12.6. The van der Waals surface area contributed by atoms with Crippen molar-refractivity contribution < 1.29 is 13.6 Å². The molecule has 0 aromatic heterocycles. The third kappa shape index (κ3) is 2.85. The van der Waals surface area contributed by atoms with Crippen molar-refractivity contribution in [2.24, 2.45) is 16.8 Å². The van der Waals surface area contributed by atoms with Gasteiger partial charge in [-0.1, -0.05) is 12.1 Å². The second kappa shape index (κ2) is 5.64. The van der Waals surface area contributed by atoms with E-state index in [0.29, 0.717) is 32.0 Å². The normalized spacial score (nSPS) is 31.7. The smallest absolute Gasteiger partial charge is 0.282 e. The Balaban J connectivity index is 2.18. The Hall–Kier alpha value is -0.860. The molecule has 19 heavy (non-hydrogen) atoms. The third-order valence-corrected chi connectivity index (χ3v) is 5.92. The lowest BCUT2D eigenvalue weighted by atomic mass is 10.0. The van der Waals surface area contributed by atoms with Gasteiger partial charge in [-0.25, -0.2) is 0 Å². The van der Waals surface area contributed by atoms with Crippen molar-refractivity contribution >= 4 is 16.0 Å². The van der Waals surface area contributed by atoms with Gasteiger partial charge in [-0.2, -0.15) is 17.0 Å². The fourth-order valence-corrected chi connectivity index (χ4v) is 4.88. The minimum Gasteiger partial charge on any atom is -0.409 e. The van der Waals surface area contributed by atoms with Gasteiger partial charge in [0.25, 0.3) is 10.2 Å². The standard InChI is InChI=1S/C11H22N4O3S/c1-9-4-2-6-14(8-9)19(17,18)15-7-3-5-10(15)11(12)13-16/h9-10,16H,2-8H2,1H3,(H2,12,13). The Bertz CT molecular complexity index is 451. The molecular weight excluding hydrogens is 268 g/mol. The lowest BCUT2D eigenvalue weighted by molar-refractivity contribution is 0.259. The highest BCUT2D eigenvalue weighted by molar-refractivity contribution is 7.86.